The summed E-state index contributed by atoms with van der Waals surface area (Å²) in [6.45, 7) is 1.24. The van der Waals surface area contributed by atoms with E-state index in [2.05, 4.69) is 5.92 Å². The average molecular weight is 266 g/mol. The van der Waals surface area contributed by atoms with Crippen LogP contribution in [0.4, 0.5) is 0 Å². The second-order valence-corrected chi connectivity index (χ2v) is 4.07. The smallest absolute Gasteiger partial charge is 0.323 e. The molecule has 0 atom stereocenters. The predicted octanol–water partition coefficient (Wildman–Crippen LogP) is 1.81. The molecule has 1 aromatic rings. The van der Waals surface area contributed by atoms with Crippen LogP contribution in [0.15, 0.2) is 18.2 Å². The highest BCUT2D eigenvalue weighted by atomic mass is 35.5. The molecule has 1 N–H and O–H groups in total. The fourth-order valence-electron chi connectivity index (χ4n) is 1.46. The normalized spacial score (nSPS) is 9.61. The molecule has 0 aliphatic carbocycles. The van der Waals surface area contributed by atoms with Crippen molar-refractivity contribution in [3.63, 3.8) is 0 Å². The fraction of sp³-hybridized carbons (Fsp3) is 0.231. The van der Waals surface area contributed by atoms with Crippen molar-refractivity contribution in [1.29, 1.82) is 0 Å². The molecule has 0 aliphatic heterocycles. The van der Waals surface area contributed by atoms with E-state index >= 15 is 0 Å². The van der Waals surface area contributed by atoms with Crippen LogP contribution >= 0.6 is 11.6 Å². The lowest BCUT2D eigenvalue weighted by Crippen LogP contribution is -2.36. The second kappa shape index (κ2) is 6.08. The van der Waals surface area contributed by atoms with E-state index in [-0.39, 0.29) is 12.1 Å². The summed E-state index contributed by atoms with van der Waals surface area (Å²) in [6, 6.07) is 4.99. The lowest BCUT2D eigenvalue weighted by molar-refractivity contribution is -0.137. The Kier molecular flexibility index (Phi) is 4.75. The highest BCUT2D eigenvalue weighted by Gasteiger charge is 2.20. The monoisotopic (exact) mass is 265 g/mol. The third-order valence-corrected chi connectivity index (χ3v) is 2.82. The Morgan fingerprint density at radius 1 is 1.50 bits per heavy atom. The standard InChI is InChI=1S/C13H12ClNO3/c1-3-7-15(8-11(16)17)13(18)10-6-4-5-9(2)12(10)14/h1,4-6H,7-8H2,2H3,(H,16,17). The Morgan fingerprint density at radius 2 is 2.17 bits per heavy atom. The van der Waals surface area contributed by atoms with Gasteiger partial charge in [-0.15, -0.1) is 6.42 Å². The van der Waals surface area contributed by atoms with Crippen LogP contribution in [0.1, 0.15) is 15.9 Å². The van der Waals surface area contributed by atoms with Gasteiger partial charge in [0.1, 0.15) is 6.54 Å². The molecule has 5 heteroatoms. The van der Waals surface area contributed by atoms with Gasteiger partial charge < -0.3 is 10.0 Å². The van der Waals surface area contributed by atoms with E-state index in [0.717, 1.165) is 10.5 Å². The first kappa shape index (κ1) is 14.1. The maximum atomic E-state index is 12.1. The number of nitrogens with zero attached hydrogens (tertiary/aromatic N) is 1. The summed E-state index contributed by atoms with van der Waals surface area (Å²) >= 11 is 6.02. The highest BCUT2D eigenvalue weighted by molar-refractivity contribution is 6.34. The summed E-state index contributed by atoms with van der Waals surface area (Å²) in [7, 11) is 0. The lowest BCUT2D eigenvalue weighted by Gasteiger charge is -2.19. The molecular formula is C13H12ClNO3. The molecule has 94 valence electrons. The molecule has 0 bridgehead atoms. The Morgan fingerprint density at radius 3 is 2.72 bits per heavy atom. The zero-order valence-electron chi connectivity index (χ0n) is 9.81. The number of aliphatic carboxylic acids is 1. The van der Waals surface area contributed by atoms with Crippen LogP contribution in [0, 0.1) is 19.3 Å². The van der Waals surface area contributed by atoms with E-state index in [1.54, 1.807) is 25.1 Å². The molecule has 0 saturated heterocycles. The molecule has 0 fully saturated rings. The third-order valence-electron chi connectivity index (χ3n) is 2.32. The zero-order valence-corrected chi connectivity index (χ0v) is 10.6. The minimum atomic E-state index is -1.12. The molecule has 0 spiro atoms. The number of halogens is 1. The molecule has 1 aromatic carbocycles. The SMILES string of the molecule is C#CCN(CC(=O)O)C(=O)c1cccc(C)c1Cl. The number of carboxylic acid groups (broad SMARTS) is 1. The van der Waals surface area contributed by atoms with Crippen LogP contribution in [-0.4, -0.2) is 35.0 Å². The molecular weight excluding hydrogens is 254 g/mol. The van der Waals surface area contributed by atoms with E-state index in [0.29, 0.717) is 5.02 Å². The van der Waals surface area contributed by atoms with Crippen molar-refractivity contribution in [2.24, 2.45) is 0 Å². The van der Waals surface area contributed by atoms with Gasteiger partial charge in [0, 0.05) is 0 Å². The van der Waals surface area contributed by atoms with Crippen molar-refractivity contribution in [1.82, 2.24) is 4.90 Å². The Bertz CT molecular complexity index is 519. The van der Waals surface area contributed by atoms with Gasteiger partial charge in [0.2, 0.25) is 0 Å². The molecule has 0 unspecified atom stereocenters. The van der Waals surface area contributed by atoms with Crippen LogP contribution < -0.4 is 0 Å². The second-order valence-electron chi connectivity index (χ2n) is 3.70. The van der Waals surface area contributed by atoms with Gasteiger partial charge in [-0.25, -0.2) is 0 Å². The summed E-state index contributed by atoms with van der Waals surface area (Å²) in [6.07, 6.45) is 5.12. The Hall–Kier alpha value is -1.99. The molecule has 0 heterocycles. The van der Waals surface area contributed by atoms with Crippen LogP contribution in [0.3, 0.4) is 0 Å². The Balaban J connectivity index is 3.06. The maximum Gasteiger partial charge on any atom is 0.323 e. The minimum Gasteiger partial charge on any atom is -0.480 e. The van der Waals surface area contributed by atoms with Gasteiger partial charge in [-0.1, -0.05) is 29.7 Å². The first-order valence-electron chi connectivity index (χ1n) is 5.17. The summed E-state index contributed by atoms with van der Waals surface area (Å²) in [5, 5.41) is 9.05. The quantitative estimate of drug-likeness (QED) is 0.845. The van der Waals surface area contributed by atoms with E-state index in [1.807, 2.05) is 0 Å². The van der Waals surface area contributed by atoms with Crippen molar-refractivity contribution in [3.05, 3.63) is 34.3 Å². The largest absolute Gasteiger partial charge is 0.480 e. The number of carbonyl (C=O) groups is 2. The molecule has 0 saturated carbocycles. The number of aryl methyl sites for hydroxylation is 1. The first-order chi connectivity index (χ1) is 8.47. The number of benzene rings is 1. The topological polar surface area (TPSA) is 57.6 Å². The third kappa shape index (κ3) is 3.25. The summed E-state index contributed by atoms with van der Waals surface area (Å²) < 4.78 is 0. The van der Waals surface area contributed by atoms with Gasteiger partial charge in [0.15, 0.2) is 0 Å². The van der Waals surface area contributed by atoms with Crippen molar-refractivity contribution in [2.75, 3.05) is 13.1 Å². The van der Waals surface area contributed by atoms with Crippen molar-refractivity contribution >= 4 is 23.5 Å². The van der Waals surface area contributed by atoms with E-state index in [1.165, 1.54) is 0 Å². The molecule has 0 aromatic heterocycles. The van der Waals surface area contributed by atoms with Crippen molar-refractivity contribution in [3.8, 4) is 12.3 Å². The van der Waals surface area contributed by atoms with E-state index in [9.17, 15) is 9.59 Å². The highest BCUT2D eigenvalue weighted by Crippen LogP contribution is 2.21. The van der Waals surface area contributed by atoms with Crippen molar-refractivity contribution < 1.29 is 14.7 Å². The first-order valence-corrected chi connectivity index (χ1v) is 5.54. The molecule has 0 radical (unpaired) electrons. The van der Waals surface area contributed by atoms with E-state index < -0.39 is 18.4 Å². The van der Waals surface area contributed by atoms with Gasteiger partial charge in [-0.3, -0.25) is 9.59 Å². The maximum absolute atomic E-state index is 12.1. The van der Waals surface area contributed by atoms with Crippen LogP contribution in [-0.2, 0) is 4.79 Å². The van der Waals surface area contributed by atoms with Crippen molar-refractivity contribution in [2.45, 2.75) is 6.92 Å². The number of amides is 1. The van der Waals surface area contributed by atoms with Crippen LogP contribution in [0.25, 0.3) is 0 Å². The number of hydrogen-bond acceptors (Lipinski definition) is 2. The zero-order chi connectivity index (χ0) is 13.7. The summed E-state index contributed by atoms with van der Waals surface area (Å²) in [4.78, 5) is 23.9. The summed E-state index contributed by atoms with van der Waals surface area (Å²) in [5.41, 5.74) is 1.01. The van der Waals surface area contributed by atoms with Gasteiger partial charge in [0.05, 0.1) is 17.1 Å². The minimum absolute atomic E-state index is 0.0740. The van der Waals surface area contributed by atoms with Gasteiger partial charge in [-0.2, -0.15) is 0 Å². The summed E-state index contributed by atoms with van der Waals surface area (Å²) in [5.74, 6) is 0.651. The van der Waals surface area contributed by atoms with Gasteiger partial charge >= 0.3 is 5.97 Å². The van der Waals surface area contributed by atoms with E-state index in [4.69, 9.17) is 23.1 Å². The van der Waals surface area contributed by atoms with Crippen LogP contribution in [0.2, 0.25) is 5.02 Å². The average Bonchev–Trinajstić information content (AvgIpc) is 2.31. The Labute approximate surface area is 110 Å². The number of hydrogen-bond donors (Lipinski definition) is 1. The lowest BCUT2D eigenvalue weighted by atomic mass is 10.1. The molecule has 1 amide bonds. The predicted molar refractivity (Wildman–Crippen MR) is 68.6 cm³/mol. The molecule has 0 aliphatic rings. The number of carbonyl (C=O) groups excluding carboxylic acids is 1. The number of rotatable bonds is 4. The molecule has 1 rings (SSSR count). The molecule has 4 nitrogen and oxygen atoms in total. The van der Waals surface area contributed by atoms with Gasteiger partial charge in [0.25, 0.3) is 5.91 Å². The molecule has 18 heavy (non-hydrogen) atoms. The van der Waals surface area contributed by atoms with Crippen LogP contribution in [0.5, 0.6) is 0 Å². The number of carboxylic acids is 1. The fourth-order valence-corrected chi connectivity index (χ4v) is 1.66. The van der Waals surface area contributed by atoms with Gasteiger partial charge in [-0.05, 0) is 18.6 Å². The number of terminal acetylenes is 1.